The lowest BCUT2D eigenvalue weighted by molar-refractivity contribution is 0.251. The smallest absolute Gasteiger partial charge is 0.347 e. The molecule has 3 N–H and O–H groups in total. The van der Waals surface area contributed by atoms with Crippen molar-refractivity contribution in [2.75, 3.05) is 5.32 Å². The van der Waals surface area contributed by atoms with Crippen molar-refractivity contribution in [1.82, 2.24) is 14.9 Å². The number of aromatic nitrogens is 2. The van der Waals surface area contributed by atoms with Gasteiger partial charge in [0.1, 0.15) is 5.75 Å². The molecule has 0 saturated carbocycles. The van der Waals surface area contributed by atoms with E-state index < -0.39 is 0 Å². The molecular formula is C25H22N4O3. The molecule has 4 aromatic rings. The molecule has 2 amide bonds. The van der Waals surface area contributed by atoms with Gasteiger partial charge in [-0.25, -0.2) is 14.6 Å². The highest BCUT2D eigenvalue weighted by Crippen LogP contribution is 2.22. The number of phenolic OH excluding ortho intramolecular Hbond substituents is 1. The average molecular weight is 426 g/mol. The molecule has 3 aromatic carbocycles. The molecule has 0 radical (unpaired) electrons. The maximum Gasteiger partial charge on any atom is 0.347 e. The second kappa shape index (κ2) is 9.61. The van der Waals surface area contributed by atoms with Crippen molar-refractivity contribution >= 4 is 11.7 Å². The van der Waals surface area contributed by atoms with Crippen molar-refractivity contribution < 1.29 is 9.90 Å². The fourth-order valence-corrected chi connectivity index (χ4v) is 3.28. The number of phenols is 1. The van der Waals surface area contributed by atoms with Crippen LogP contribution in [0.25, 0.3) is 11.1 Å². The first-order valence-corrected chi connectivity index (χ1v) is 10.1. The van der Waals surface area contributed by atoms with Gasteiger partial charge in [0, 0.05) is 24.6 Å². The van der Waals surface area contributed by atoms with E-state index in [1.54, 1.807) is 30.5 Å². The summed E-state index contributed by atoms with van der Waals surface area (Å²) in [5, 5.41) is 15.1. The monoisotopic (exact) mass is 426 g/mol. The van der Waals surface area contributed by atoms with Gasteiger partial charge in [0.15, 0.2) is 0 Å². The van der Waals surface area contributed by atoms with Crippen LogP contribution in [0.15, 0.2) is 96.1 Å². The van der Waals surface area contributed by atoms with Crippen molar-refractivity contribution in [3.05, 3.63) is 113 Å². The third-order valence-corrected chi connectivity index (χ3v) is 4.93. The summed E-state index contributed by atoms with van der Waals surface area (Å²) in [5.74, 6) is 0.233. The molecule has 0 aliphatic carbocycles. The molecule has 4 rings (SSSR count). The Bertz CT molecular complexity index is 1270. The van der Waals surface area contributed by atoms with Crippen LogP contribution in [0.4, 0.5) is 10.5 Å². The van der Waals surface area contributed by atoms with E-state index in [9.17, 15) is 14.7 Å². The molecule has 32 heavy (non-hydrogen) atoms. The lowest BCUT2D eigenvalue weighted by Crippen LogP contribution is -2.28. The maximum absolute atomic E-state index is 12.3. The number of anilines is 1. The van der Waals surface area contributed by atoms with E-state index in [0.29, 0.717) is 18.8 Å². The molecule has 0 bridgehead atoms. The van der Waals surface area contributed by atoms with Crippen LogP contribution in [0, 0.1) is 0 Å². The minimum Gasteiger partial charge on any atom is -0.508 e. The van der Waals surface area contributed by atoms with Crippen LogP contribution in [-0.4, -0.2) is 20.7 Å². The van der Waals surface area contributed by atoms with E-state index in [4.69, 9.17) is 0 Å². The molecule has 7 heteroatoms. The van der Waals surface area contributed by atoms with Gasteiger partial charge in [-0.15, -0.1) is 0 Å². The summed E-state index contributed by atoms with van der Waals surface area (Å²) >= 11 is 0. The Hall–Kier alpha value is -4.39. The highest BCUT2D eigenvalue weighted by Gasteiger charge is 2.05. The van der Waals surface area contributed by atoms with Crippen LogP contribution in [-0.2, 0) is 13.1 Å². The molecule has 0 spiro atoms. The van der Waals surface area contributed by atoms with Crippen LogP contribution in [0.5, 0.6) is 5.75 Å². The predicted molar refractivity (Wildman–Crippen MR) is 123 cm³/mol. The van der Waals surface area contributed by atoms with E-state index in [1.807, 2.05) is 54.6 Å². The Morgan fingerprint density at radius 3 is 2.34 bits per heavy atom. The summed E-state index contributed by atoms with van der Waals surface area (Å²) in [4.78, 5) is 27.8. The molecule has 160 valence electrons. The number of aromatic hydroxyl groups is 1. The highest BCUT2D eigenvalue weighted by atomic mass is 16.3. The van der Waals surface area contributed by atoms with E-state index in [2.05, 4.69) is 15.6 Å². The standard InChI is InChI=1S/C25H22N4O3/c30-23-11-9-21(10-12-23)20-7-5-18(6-8-20)16-27-24(31)28-22-4-1-3-19(15-22)17-29-14-2-13-26-25(29)32/h1-15,30H,16-17H2,(H2,27,28,31). The van der Waals surface area contributed by atoms with E-state index in [0.717, 1.165) is 22.3 Å². The first kappa shape index (κ1) is 20.9. The quantitative estimate of drug-likeness (QED) is 0.434. The van der Waals surface area contributed by atoms with Gasteiger partial charge in [-0.3, -0.25) is 4.57 Å². The fourth-order valence-electron chi connectivity index (χ4n) is 3.28. The third kappa shape index (κ3) is 5.40. The van der Waals surface area contributed by atoms with Crippen LogP contribution in [0.1, 0.15) is 11.1 Å². The molecule has 7 nitrogen and oxygen atoms in total. The van der Waals surface area contributed by atoms with Crippen LogP contribution < -0.4 is 16.3 Å². The number of carbonyl (C=O) groups is 1. The van der Waals surface area contributed by atoms with Crippen molar-refractivity contribution in [1.29, 1.82) is 0 Å². The summed E-state index contributed by atoms with van der Waals surface area (Å²) < 4.78 is 1.50. The van der Waals surface area contributed by atoms with Crippen molar-refractivity contribution in [2.45, 2.75) is 13.1 Å². The number of amides is 2. The Labute approximate surface area is 185 Å². The third-order valence-electron chi connectivity index (χ3n) is 4.93. The summed E-state index contributed by atoms with van der Waals surface area (Å²) in [6.07, 6.45) is 3.14. The number of urea groups is 1. The van der Waals surface area contributed by atoms with Gasteiger partial charge in [0.05, 0.1) is 6.54 Å². The zero-order valence-electron chi connectivity index (χ0n) is 17.2. The van der Waals surface area contributed by atoms with Gasteiger partial charge in [0.25, 0.3) is 0 Å². The number of nitrogens with one attached hydrogen (secondary N) is 2. The van der Waals surface area contributed by atoms with Crippen molar-refractivity contribution in [3.8, 4) is 16.9 Å². The lowest BCUT2D eigenvalue weighted by Gasteiger charge is -2.10. The largest absolute Gasteiger partial charge is 0.508 e. The molecule has 0 saturated heterocycles. The Morgan fingerprint density at radius 2 is 1.62 bits per heavy atom. The lowest BCUT2D eigenvalue weighted by atomic mass is 10.0. The normalized spacial score (nSPS) is 10.5. The minimum absolute atomic E-state index is 0.233. The molecule has 0 fully saturated rings. The molecule has 0 atom stereocenters. The van der Waals surface area contributed by atoms with Crippen LogP contribution in [0.3, 0.4) is 0 Å². The fraction of sp³-hybridized carbons (Fsp3) is 0.0800. The predicted octanol–water partition coefficient (Wildman–Crippen LogP) is 3.99. The summed E-state index contributed by atoms with van der Waals surface area (Å²) in [7, 11) is 0. The molecule has 1 heterocycles. The van der Waals surface area contributed by atoms with E-state index in [-0.39, 0.29) is 17.5 Å². The first-order valence-electron chi connectivity index (χ1n) is 10.1. The second-order valence-corrected chi connectivity index (χ2v) is 7.28. The summed E-state index contributed by atoms with van der Waals surface area (Å²) in [5.41, 5.74) is 4.20. The molecule has 0 aliphatic heterocycles. The van der Waals surface area contributed by atoms with Crippen molar-refractivity contribution in [2.24, 2.45) is 0 Å². The zero-order chi connectivity index (χ0) is 22.3. The van der Waals surface area contributed by atoms with Gasteiger partial charge in [-0.1, -0.05) is 48.5 Å². The summed E-state index contributed by atoms with van der Waals surface area (Å²) in [6, 6.07) is 23.6. The Balaban J connectivity index is 1.32. The van der Waals surface area contributed by atoms with Crippen molar-refractivity contribution in [3.63, 3.8) is 0 Å². The molecule has 0 unspecified atom stereocenters. The number of rotatable bonds is 6. The zero-order valence-corrected chi connectivity index (χ0v) is 17.2. The van der Waals surface area contributed by atoms with Gasteiger partial charge >= 0.3 is 11.7 Å². The number of hydrogen-bond acceptors (Lipinski definition) is 4. The summed E-state index contributed by atoms with van der Waals surface area (Å²) in [6.45, 7) is 0.754. The van der Waals surface area contributed by atoms with E-state index in [1.165, 1.54) is 10.8 Å². The average Bonchev–Trinajstić information content (AvgIpc) is 2.80. The molecule has 1 aromatic heterocycles. The number of hydrogen-bond donors (Lipinski definition) is 3. The van der Waals surface area contributed by atoms with Gasteiger partial charge in [-0.2, -0.15) is 0 Å². The topological polar surface area (TPSA) is 96.2 Å². The first-order chi connectivity index (χ1) is 15.6. The Morgan fingerprint density at radius 1 is 0.906 bits per heavy atom. The SMILES string of the molecule is O=C(NCc1ccc(-c2ccc(O)cc2)cc1)Nc1cccc(Cn2cccnc2=O)c1. The van der Waals surface area contributed by atoms with Gasteiger partial charge in [-0.05, 0) is 52.6 Å². The number of benzene rings is 3. The second-order valence-electron chi connectivity index (χ2n) is 7.28. The number of nitrogens with zero attached hydrogens (tertiary/aromatic N) is 2. The number of carbonyl (C=O) groups excluding carboxylic acids is 1. The molecule has 0 aliphatic rings. The molecular weight excluding hydrogens is 404 g/mol. The maximum atomic E-state index is 12.3. The highest BCUT2D eigenvalue weighted by molar-refractivity contribution is 5.89. The minimum atomic E-state index is -0.319. The van der Waals surface area contributed by atoms with E-state index >= 15 is 0 Å². The van der Waals surface area contributed by atoms with Crippen LogP contribution in [0.2, 0.25) is 0 Å². The van der Waals surface area contributed by atoms with Gasteiger partial charge < -0.3 is 15.7 Å². The van der Waals surface area contributed by atoms with Crippen LogP contribution >= 0.6 is 0 Å². The Kier molecular flexibility index (Phi) is 6.27. The van der Waals surface area contributed by atoms with Gasteiger partial charge in [0.2, 0.25) is 0 Å².